The van der Waals surface area contributed by atoms with Crippen LogP contribution in [-0.2, 0) is 9.53 Å². The Balaban J connectivity index is 2.75. The molecule has 3 heteroatoms. The molecule has 86 valence electrons. The van der Waals surface area contributed by atoms with Crippen molar-refractivity contribution in [1.82, 2.24) is 0 Å². The van der Waals surface area contributed by atoms with Gasteiger partial charge in [-0.05, 0) is 48.3 Å². The van der Waals surface area contributed by atoms with Gasteiger partial charge in [0.25, 0.3) is 0 Å². The van der Waals surface area contributed by atoms with Gasteiger partial charge in [-0.1, -0.05) is 30.3 Å². The van der Waals surface area contributed by atoms with E-state index in [1.165, 1.54) is 0 Å². The normalized spacial score (nSPS) is 12.4. The third-order valence-corrected chi connectivity index (χ3v) is 2.24. The second kappa shape index (κ2) is 5.30. The number of ether oxygens (including phenoxy) is 1. The predicted octanol–water partition coefficient (Wildman–Crippen LogP) is 3.76. The maximum Gasteiger partial charge on any atom is 0.345 e. The lowest BCUT2D eigenvalue weighted by Crippen LogP contribution is -2.23. The van der Waals surface area contributed by atoms with Crippen LogP contribution in [0.3, 0.4) is 0 Å². The number of halogens is 1. The van der Waals surface area contributed by atoms with E-state index >= 15 is 0 Å². The first-order valence-corrected chi connectivity index (χ1v) is 5.83. The molecule has 0 heterocycles. The molecule has 0 spiro atoms. The monoisotopic (exact) mass is 282 g/mol. The molecule has 0 amide bonds. The quantitative estimate of drug-likeness (QED) is 0.610. The van der Waals surface area contributed by atoms with Crippen LogP contribution in [0.15, 0.2) is 34.8 Å². The average Bonchev–Trinajstić information content (AvgIpc) is 2.16. The fraction of sp³-hybridized carbons (Fsp3) is 0.308. The Labute approximate surface area is 104 Å². The van der Waals surface area contributed by atoms with Crippen LogP contribution in [0.1, 0.15) is 26.3 Å². The van der Waals surface area contributed by atoms with Crippen LogP contribution in [0.4, 0.5) is 0 Å². The number of rotatable bonds is 2. The van der Waals surface area contributed by atoms with Crippen LogP contribution in [0.5, 0.6) is 0 Å². The number of hydrogen-bond donors (Lipinski definition) is 0. The molecule has 0 aliphatic heterocycles. The Morgan fingerprint density at radius 1 is 1.25 bits per heavy atom. The fourth-order valence-corrected chi connectivity index (χ4v) is 1.43. The summed E-state index contributed by atoms with van der Waals surface area (Å²) in [5, 5.41) is 0. The first-order chi connectivity index (χ1) is 7.38. The third-order valence-electron chi connectivity index (χ3n) is 1.69. The van der Waals surface area contributed by atoms with Gasteiger partial charge in [-0.2, -0.15) is 0 Å². The van der Waals surface area contributed by atoms with E-state index in [0.717, 1.165) is 5.56 Å². The Morgan fingerprint density at radius 2 is 1.81 bits per heavy atom. The molecule has 2 nitrogen and oxygen atoms in total. The zero-order valence-electron chi connectivity index (χ0n) is 9.66. The van der Waals surface area contributed by atoms with Gasteiger partial charge < -0.3 is 4.74 Å². The molecule has 0 unspecified atom stereocenters. The molecular weight excluding hydrogens is 268 g/mol. The average molecular weight is 283 g/mol. The summed E-state index contributed by atoms with van der Waals surface area (Å²) in [6.07, 6.45) is 1.74. The molecule has 1 rings (SSSR count). The molecule has 16 heavy (non-hydrogen) atoms. The van der Waals surface area contributed by atoms with Crippen molar-refractivity contribution in [2.24, 2.45) is 0 Å². The van der Waals surface area contributed by atoms with Crippen molar-refractivity contribution in [2.75, 3.05) is 0 Å². The highest BCUT2D eigenvalue weighted by Gasteiger charge is 2.18. The van der Waals surface area contributed by atoms with Gasteiger partial charge in [0, 0.05) is 0 Å². The summed E-state index contributed by atoms with van der Waals surface area (Å²) < 4.78 is 5.64. The molecule has 0 saturated heterocycles. The van der Waals surface area contributed by atoms with Crippen molar-refractivity contribution in [2.45, 2.75) is 26.4 Å². The first-order valence-electron chi connectivity index (χ1n) is 5.04. The highest BCUT2D eigenvalue weighted by molar-refractivity contribution is 9.12. The molecule has 0 aliphatic rings. The summed E-state index contributed by atoms with van der Waals surface area (Å²) in [5.41, 5.74) is 0.487. The van der Waals surface area contributed by atoms with Crippen molar-refractivity contribution in [1.29, 1.82) is 0 Å². The van der Waals surface area contributed by atoms with Crippen LogP contribution in [-0.4, -0.2) is 11.6 Å². The summed E-state index contributed by atoms with van der Waals surface area (Å²) >= 11 is 3.22. The van der Waals surface area contributed by atoms with Crippen LogP contribution in [0.2, 0.25) is 0 Å². The van der Waals surface area contributed by atoms with Crippen molar-refractivity contribution in [3.63, 3.8) is 0 Å². The van der Waals surface area contributed by atoms with Crippen LogP contribution < -0.4 is 0 Å². The van der Waals surface area contributed by atoms with Crippen molar-refractivity contribution < 1.29 is 9.53 Å². The smallest absolute Gasteiger partial charge is 0.345 e. The Hall–Kier alpha value is -1.09. The van der Waals surface area contributed by atoms with Gasteiger partial charge in [0.2, 0.25) is 0 Å². The maximum absolute atomic E-state index is 11.6. The Morgan fingerprint density at radius 3 is 2.31 bits per heavy atom. The minimum atomic E-state index is -0.472. The van der Waals surface area contributed by atoms with E-state index in [-0.39, 0.29) is 5.97 Å². The van der Waals surface area contributed by atoms with E-state index in [1.54, 1.807) is 6.08 Å². The summed E-state index contributed by atoms with van der Waals surface area (Å²) in [4.78, 5) is 11.6. The summed E-state index contributed by atoms with van der Waals surface area (Å²) in [5.74, 6) is -0.351. The molecule has 0 fully saturated rings. The zero-order chi connectivity index (χ0) is 12.2. The van der Waals surface area contributed by atoms with Gasteiger partial charge in [-0.3, -0.25) is 0 Å². The minimum absolute atomic E-state index is 0.351. The molecule has 0 aliphatic carbocycles. The predicted molar refractivity (Wildman–Crippen MR) is 69.2 cm³/mol. The van der Waals surface area contributed by atoms with Gasteiger partial charge >= 0.3 is 5.97 Å². The largest absolute Gasteiger partial charge is 0.456 e. The second-order valence-electron chi connectivity index (χ2n) is 4.40. The van der Waals surface area contributed by atoms with Crippen LogP contribution >= 0.6 is 15.9 Å². The number of carbonyl (C=O) groups excluding carboxylic acids is 1. The van der Waals surface area contributed by atoms with E-state index in [1.807, 2.05) is 51.1 Å². The van der Waals surface area contributed by atoms with E-state index in [9.17, 15) is 4.79 Å². The van der Waals surface area contributed by atoms with E-state index in [4.69, 9.17) is 4.74 Å². The SMILES string of the molecule is CC(C)(C)OC(=O)/C(Br)=C/c1ccccc1. The highest BCUT2D eigenvalue weighted by atomic mass is 79.9. The van der Waals surface area contributed by atoms with Gasteiger partial charge in [-0.25, -0.2) is 4.79 Å². The molecule has 0 atom stereocenters. The van der Waals surface area contributed by atoms with Crippen LogP contribution in [0.25, 0.3) is 6.08 Å². The molecular formula is C13H15BrO2. The van der Waals surface area contributed by atoms with E-state index < -0.39 is 5.60 Å². The zero-order valence-corrected chi connectivity index (χ0v) is 11.2. The molecule has 0 radical (unpaired) electrons. The lowest BCUT2D eigenvalue weighted by molar-refractivity contribution is -0.148. The number of carbonyl (C=O) groups is 1. The van der Waals surface area contributed by atoms with E-state index in [2.05, 4.69) is 15.9 Å². The van der Waals surface area contributed by atoms with Crippen molar-refractivity contribution in [3.8, 4) is 0 Å². The molecule has 1 aromatic carbocycles. The molecule has 0 bridgehead atoms. The number of hydrogen-bond acceptors (Lipinski definition) is 2. The highest BCUT2D eigenvalue weighted by Crippen LogP contribution is 2.17. The minimum Gasteiger partial charge on any atom is -0.456 e. The van der Waals surface area contributed by atoms with Crippen LogP contribution in [0, 0.1) is 0 Å². The van der Waals surface area contributed by atoms with Gasteiger partial charge in [0.15, 0.2) is 0 Å². The first kappa shape index (κ1) is 13.0. The van der Waals surface area contributed by atoms with E-state index in [0.29, 0.717) is 4.48 Å². The number of esters is 1. The van der Waals surface area contributed by atoms with Gasteiger partial charge in [-0.15, -0.1) is 0 Å². The Bertz CT molecular complexity index is 388. The molecule has 0 aromatic heterocycles. The molecule has 1 aromatic rings. The lowest BCUT2D eigenvalue weighted by atomic mass is 10.2. The summed E-state index contributed by atoms with van der Waals surface area (Å²) in [6, 6.07) is 9.61. The fourth-order valence-electron chi connectivity index (χ4n) is 1.08. The van der Waals surface area contributed by atoms with Crippen molar-refractivity contribution in [3.05, 3.63) is 40.4 Å². The topological polar surface area (TPSA) is 26.3 Å². The maximum atomic E-state index is 11.6. The third kappa shape index (κ3) is 4.62. The van der Waals surface area contributed by atoms with Gasteiger partial charge in [0.1, 0.15) is 10.1 Å². The van der Waals surface area contributed by atoms with Crippen molar-refractivity contribution >= 4 is 28.0 Å². The van der Waals surface area contributed by atoms with Gasteiger partial charge in [0.05, 0.1) is 0 Å². The summed E-state index contributed by atoms with van der Waals surface area (Å²) in [7, 11) is 0. The lowest BCUT2D eigenvalue weighted by Gasteiger charge is -2.19. The molecule has 0 saturated carbocycles. The molecule has 0 N–H and O–H groups in total. The number of benzene rings is 1. The second-order valence-corrected chi connectivity index (χ2v) is 5.26. The Kier molecular flexibility index (Phi) is 4.30. The standard InChI is InChI=1S/C13H15BrO2/c1-13(2,3)16-12(15)11(14)9-10-7-5-4-6-8-10/h4-9H,1-3H3/b11-9-. The summed E-state index contributed by atoms with van der Waals surface area (Å²) in [6.45, 7) is 5.52.